The minimum absolute atomic E-state index is 0.581. The van der Waals surface area contributed by atoms with Crippen LogP contribution in [-0.4, -0.2) is 21.2 Å². The van der Waals surface area contributed by atoms with E-state index in [0.717, 1.165) is 25.0 Å². The molecular weight excluding hydrogens is 284 g/mol. The average molecular weight is 304 g/mol. The average Bonchev–Trinajstić information content (AvgIpc) is 2.45. The first-order valence-corrected chi connectivity index (χ1v) is 8.74. The molecule has 2 aromatic rings. The van der Waals surface area contributed by atoms with Crippen LogP contribution >= 0.6 is 0 Å². The van der Waals surface area contributed by atoms with Gasteiger partial charge in [-0.05, 0) is 36.8 Å². The summed E-state index contributed by atoms with van der Waals surface area (Å²) in [5, 5.41) is 0. The summed E-state index contributed by atoms with van der Waals surface area (Å²) in [6.45, 7) is 3.82. The monoisotopic (exact) mass is 304 g/mol. The molecule has 0 atom stereocenters. The predicted molar refractivity (Wildman–Crippen MR) is 88.1 cm³/mol. The largest absolute Gasteiger partial charge is 0.367 e. The lowest BCUT2D eigenvalue weighted by Crippen LogP contribution is -2.21. The van der Waals surface area contributed by atoms with Gasteiger partial charge >= 0.3 is 0 Å². The van der Waals surface area contributed by atoms with Crippen LogP contribution in [0.3, 0.4) is 0 Å². The highest BCUT2D eigenvalue weighted by atomic mass is 32.2. The van der Waals surface area contributed by atoms with Gasteiger partial charge < -0.3 is 4.90 Å². The summed E-state index contributed by atoms with van der Waals surface area (Å²) in [5.74, 6) is 0. The summed E-state index contributed by atoms with van der Waals surface area (Å²) in [6, 6.07) is 17.7. The van der Waals surface area contributed by atoms with Crippen molar-refractivity contribution in [1.82, 2.24) is 0 Å². The van der Waals surface area contributed by atoms with Crippen LogP contribution in [0.15, 0.2) is 54.6 Å². The van der Waals surface area contributed by atoms with Crippen molar-refractivity contribution in [2.45, 2.75) is 13.5 Å². The van der Waals surface area contributed by atoms with E-state index < -0.39 is 10.0 Å². The second-order valence-corrected chi connectivity index (χ2v) is 6.67. The number of hydrogen-bond acceptors (Lipinski definition) is 3. The van der Waals surface area contributed by atoms with Crippen LogP contribution in [0.25, 0.3) is 0 Å². The Morgan fingerprint density at radius 2 is 1.62 bits per heavy atom. The Bertz CT molecular complexity index is 667. The van der Waals surface area contributed by atoms with Crippen LogP contribution in [0.5, 0.6) is 0 Å². The number of benzene rings is 2. The molecule has 0 unspecified atom stereocenters. The van der Waals surface area contributed by atoms with Crippen LogP contribution in [0, 0.1) is 0 Å². The topological polar surface area (TPSA) is 49.4 Å². The summed E-state index contributed by atoms with van der Waals surface area (Å²) < 4.78 is 24.9. The molecule has 0 heterocycles. The lowest BCUT2D eigenvalue weighted by Gasteiger charge is -2.23. The number of anilines is 2. The van der Waals surface area contributed by atoms with E-state index >= 15 is 0 Å². The first-order chi connectivity index (χ1) is 9.98. The maximum absolute atomic E-state index is 11.2. The molecule has 0 aliphatic carbocycles. The van der Waals surface area contributed by atoms with Gasteiger partial charge in [0.1, 0.15) is 0 Å². The number of rotatable bonds is 6. The van der Waals surface area contributed by atoms with Crippen molar-refractivity contribution < 1.29 is 8.42 Å². The fraction of sp³-hybridized carbons (Fsp3) is 0.250. The van der Waals surface area contributed by atoms with Gasteiger partial charge in [0.2, 0.25) is 10.0 Å². The third kappa shape index (κ3) is 4.79. The number of nitrogens with zero attached hydrogens (tertiary/aromatic N) is 1. The van der Waals surface area contributed by atoms with Crippen LogP contribution in [0.4, 0.5) is 11.4 Å². The Kier molecular flexibility index (Phi) is 4.85. The summed E-state index contributed by atoms with van der Waals surface area (Å²) >= 11 is 0. The molecule has 0 aliphatic rings. The molecule has 5 heteroatoms. The fourth-order valence-corrected chi connectivity index (χ4v) is 2.71. The number of hydrogen-bond donors (Lipinski definition) is 1. The van der Waals surface area contributed by atoms with Gasteiger partial charge in [-0.15, -0.1) is 0 Å². The predicted octanol–water partition coefficient (Wildman–Crippen LogP) is 3.08. The Morgan fingerprint density at radius 3 is 2.14 bits per heavy atom. The van der Waals surface area contributed by atoms with Gasteiger partial charge in [0.15, 0.2) is 0 Å². The Hall–Kier alpha value is -2.01. The Labute approximate surface area is 126 Å². The molecule has 0 aromatic heterocycles. The third-order valence-corrected chi connectivity index (χ3v) is 3.74. The molecule has 21 heavy (non-hydrogen) atoms. The molecule has 0 amide bonds. The highest BCUT2D eigenvalue weighted by Gasteiger charge is 2.06. The lowest BCUT2D eigenvalue weighted by atomic mass is 10.2. The summed E-state index contributed by atoms with van der Waals surface area (Å²) in [5.41, 5.74) is 2.90. The molecule has 112 valence electrons. The first-order valence-electron chi connectivity index (χ1n) is 6.84. The van der Waals surface area contributed by atoms with Gasteiger partial charge in [0.05, 0.1) is 6.26 Å². The van der Waals surface area contributed by atoms with Crippen molar-refractivity contribution in [3.8, 4) is 0 Å². The van der Waals surface area contributed by atoms with Crippen molar-refractivity contribution >= 4 is 21.4 Å². The zero-order chi connectivity index (χ0) is 15.3. The van der Waals surface area contributed by atoms with E-state index in [0.29, 0.717) is 5.69 Å². The molecule has 0 saturated heterocycles. The maximum atomic E-state index is 11.2. The van der Waals surface area contributed by atoms with Crippen LogP contribution in [0.2, 0.25) is 0 Å². The van der Waals surface area contributed by atoms with Gasteiger partial charge in [-0.2, -0.15) is 0 Å². The van der Waals surface area contributed by atoms with Gasteiger partial charge in [0.25, 0.3) is 0 Å². The lowest BCUT2D eigenvalue weighted by molar-refractivity contribution is 0.607. The SMILES string of the molecule is CCN(Cc1ccccc1)c1ccc(NS(C)(=O)=O)cc1. The molecule has 0 aliphatic heterocycles. The Balaban J connectivity index is 2.12. The third-order valence-electron chi connectivity index (χ3n) is 3.13. The van der Waals surface area contributed by atoms with E-state index in [1.807, 2.05) is 30.3 Å². The number of sulfonamides is 1. The smallest absolute Gasteiger partial charge is 0.229 e. The molecule has 2 aromatic carbocycles. The highest BCUT2D eigenvalue weighted by Crippen LogP contribution is 2.20. The maximum Gasteiger partial charge on any atom is 0.229 e. The van der Waals surface area contributed by atoms with Crippen LogP contribution in [0.1, 0.15) is 12.5 Å². The van der Waals surface area contributed by atoms with Crippen molar-refractivity contribution in [3.63, 3.8) is 0 Å². The zero-order valence-corrected chi connectivity index (χ0v) is 13.1. The molecule has 2 rings (SSSR count). The van der Waals surface area contributed by atoms with Gasteiger partial charge in [-0.1, -0.05) is 30.3 Å². The van der Waals surface area contributed by atoms with Gasteiger partial charge in [-0.3, -0.25) is 4.72 Å². The Morgan fingerprint density at radius 1 is 1.00 bits per heavy atom. The molecule has 0 bridgehead atoms. The van der Waals surface area contributed by atoms with Crippen molar-refractivity contribution in [2.75, 3.05) is 22.4 Å². The van der Waals surface area contributed by atoms with E-state index in [9.17, 15) is 8.42 Å². The minimum atomic E-state index is -3.23. The highest BCUT2D eigenvalue weighted by molar-refractivity contribution is 7.92. The number of nitrogens with one attached hydrogen (secondary N) is 1. The fourth-order valence-electron chi connectivity index (χ4n) is 2.14. The van der Waals surface area contributed by atoms with Crippen LogP contribution < -0.4 is 9.62 Å². The molecule has 0 radical (unpaired) electrons. The second kappa shape index (κ2) is 6.63. The molecule has 0 spiro atoms. The zero-order valence-electron chi connectivity index (χ0n) is 12.3. The molecule has 1 N–H and O–H groups in total. The molecule has 0 saturated carbocycles. The molecule has 0 fully saturated rings. The summed E-state index contributed by atoms with van der Waals surface area (Å²) in [6.07, 6.45) is 1.15. The van der Waals surface area contributed by atoms with Crippen LogP contribution in [-0.2, 0) is 16.6 Å². The van der Waals surface area contributed by atoms with E-state index in [-0.39, 0.29) is 0 Å². The quantitative estimate of drug-likeness (QED) is 0.892. The second-order valence-electron chi connectivity index (χ2n) is 4.92. The van der Waals surface area contributed by atoms with Gasteiger partial charge in [0, 0.05) is 24.5 Å². The van der Waals surface area contributed by atoms with E-state index in [1.54, 1.807) is 12.1 Å². The summed E-state index contributed by atoms with van der Waals surface area (Å²) in [4.78, 5) is 2.24. The van der Waals surface area contributed by atoms with Crippen molar-refractivity contribution in [3.05, 3.63) is 60.2 Å². The first kappa shape index (κ1) is 15.4. The summed E-state index contributed by atoms with van der Waals surface area (Å²) in [7, 11) is -3.23. The molecular formula is C16H20N2O2S. The van der Waals surface area contributed by atoms with E-state index in [1.165, 1.54) is 5.56 Å². The minimum Gasteiger partial charge on any atom is -0.367 e. The van der Waals surface area contributed by atoms with Crippen molar-refractivity contribution in [2.24, 2.45) is 0 Å². The van der Waals surface area contributed by atoms with E-state index in [4.69, 9.17) is 0 Å². The van der Waals surface area contributed by atoms with Crippen molar-refractivity contribution in [1.29, 1.82) is 0 Å². The van der Waals surface area contributed by atoms with Gasteiger partial charge in [-0.25, -0.2) is 8.42 Å². The molecule has 4 nitrogen and oxygen atoms in total. The van der Waals surface area contributed by atoms with E-state index in [2.05, 4.69) is 28.7 Å². The standard InChI is InChI=1S/C16H20N2O2S/c1-3-18(13-14-7-5-4-6-8-14)16-11-9-15(10-12-16)17-21(2,19)20/h4-12,17H,3,13H2,1-2H3. The normalized spacial score (nSPS) is 11.1.